The van der Waals surface area contributed by atoms with Crippen LogP contribution in [-0.4, -0.2) is 43.2 Å². The molecule has 1 N–H and O–H groups in total. The van der Waals surface area contributed by atoms with Crippen molar-refractivity contribution >= 4 is 17.5 Å². The number of hydrogen-bond acceptors (Lipinski definition) is 6. The summed E-state index contributed by atoms with van der Waals surface area (Å²) in [5, 5.41) is 2.98. The van der Waals surface area contributed by atoms with Crippen LogP contribution in [0, 0.1) is 12.8 Å². The molecule has 1 fully saturated rings. The molecule has 2 heterocycles. The Balaban J connectivity index is 1.72. The lowest BCUT2D eigenvalue weighted by Crippen LogP contribution is -2.41. The number of rotatable bonds is 5. The highest BCUT2D eigenvalue weighted by molar-refractivity contribution is 5.94. The second-order valence-corrected chi connectivity index (χ2v) is 6.34. The van der Waals surface area contributed by atoms with Crippen LogP contribution in [0.2, 0.25) is 0 Å². The first-order valence-electron chi connectivity index (χ1n) is 8.68. The van der Waals surface area contributed by atoms with Gasteiger partial charge in [0, 0.05) is 31.0 Å². The van der Waals surface area contributed by atoms with E-state index in [1.165, 1.54) is 0 Å². The highest BCUT2D eigenvalue weighted by atomic mass is 16.5. The van der Waals surface area contributed by atoms with Crippen LogP contribution in [0.1, 0.15) is 18.5 Å². The molecule has 0 saturated carbocycles. The van der Waals surface area contributed by atoms with Gasteiger partial charge >= 0.3 is 0 Å². The van der Waals surface area contributed by atoms with Gasteiger partial charge in [0.15, 0.2) is 0 Å². The summed E-state index contributed by atoms with van der Waals surface area (Å²) in [7, 11) is 3.17. The van der Waals surface area contributed by atoms with Crippen LogP contribution in [0.25, 0.3) is 0 Å². The lowest BCUT2D eigenvalue weighted by molar-refractivity contribution is -0.120. The fourth-order valence-corrected chi connectivity index (χ4v) is 3.11. The standard InChI is InChI=1S/C19H24N4O3/c1-13-8-9-20-19(21-13)23-10-4-5-14(12-23)18(24)22-16-11-15(25-2)6-7-17(16)26-3/h6-9,11,14H,4-5,10,12H2,1-3H3,(H,22,24). The maximum absolute atomic E-state index is 12.8. The molecule has 1 aromatic carbocycles. The molecule has 2 aromatic rings. The van der Waals surface area contributed by atoms with E-state index in [4.69, 9.17) is 9.47 Å². The van der Waals surface area contributed by atoms with Crippen LogP contribution in [0.3, 0.4) is 0 Å². The quantitative estimate of drug-likeness (QED) is 0.888. The van der Waals surface area contributed by atoms with Gasteiger partial charge in [0.25, 0.3) is 0 Å². The highest BCUT2D eigenvalue weighted by Crippen LogP contribution is 2.30. The first-order valence-corrected chi connectivity index (χ1v) is 8.68. The summed E-state index contributed by atoms with van der Waals surface area (Å²) in [5.41, 5.74) is 1.53. The number of piperidine rings is 1. The number of carbonyl (C=O) groups excluding carboxylic acids is 1. The number of carbonyl (C=O) groups is 1. The Labute approximate surface area is 153 Å². The molecule has 1 aliphatic heterocycles. The maximum atomic E-state index is 12.8. The summed E-state index contributed by atoms with van der Waals surface area (Å²) in [6.45, 7) is 3.39. The Morgan fingerprint density at radius 1 is 1.27 bits per heavy atom. The fourth-order valence-electron chi connectivity index (χ4n) is 3.11. The summed E-state index contributed by atoms with van der Waals surface area (Å²) in [5.74, 6) is 1.78. The minimum atomic E-state index is -0.135. The van der Waals surface area contributed by atoms with Gasteiger partial charge in [-0.3, -0.25) is 4.79 Å². The highest BCUT2D eigenvalue weighted by Gasteiger charge is 2.27. The molecule has 7 heteroatoms. The third kappa shape index (κ3) is 4.04. The van der Waals surface area contributed by atoms with Crippen LogP contribution in [0.15, 0.2) is 30.5 Å². The second kappa shape index (κ2) is 8.03. The van der Waals surface area contributed by atoms with Crippen molar-refractivity contribution in [3.63, 3.8) is 0 Å². The summed E-state index contributed by atoms with van der Waals surface area (Å²) in [6, 6.07) is 7.21. The van der Waals surface area contributed by atoms with Gasteiger partial charge < -0.3 is 19.7 Å². The zero-order valence-corrected chi connectivity index (χ0v) is 15.4. The van der Waals surface area contributed by atoms with Gasteiger partial charge in [-0.05, 0) is 38.0 Å². The summed E-state index contributed by atoms with van der Waals surface area (Å²) < 4.78 is 10.6. The molecule has 1 atom stereocenters. The van der Waals surface area contributed by atoms with Gasteiger partial charge in [-0.1, -0.05) is 0 Å². The van der Waals surface area contributed by atoms with Gasteiger partial charge in [0.05, 0.1) is 25.8 Å². The minimum absolute atomic E-state index is 0.0334. The van der Waals surface area contributed by atoms with Crippen molar-refractivity contribution in [3.8, 4) is 11.5 Å². The maximum Gasteiger partial charge on any atom is 0.229 e. The molecule has 3 rings (SSSR count). The third-order valence-electron chi connectivity index (χ3n) is 4.52. The van der Waals surface area contributed by atoms with E-state index in [2.05, 4.69) is 20.2 Å². The number of nitrogens with zero attached hydrogens (tertiary/aromatic N) is 3. The molecule has 1 saturated heterocycles. The number of aryl methyl sites for hydroxylation is 1. The molecule has 1 unspecified atom stereocenters. The fraction of sp³-hybridized carbons (Fsp3) is 0.421. The van der Waals surface area contributed by atoms with Gasteiger partial charge in [0.2, 0.25) is 11.9 Å². The number of methoxy groups -OCH3 is 2. The molecular weight excluding hydrogens is 332 g/mol. The zero-order chi connectivity index (χ0) is 18.5. The van der Waals surface area contributed by atoms with E-state index >= 15 is 0 Å². The van der Waals surface area contributed by atoms with Gasteiger partial charge in [-0.25, -0.2) is 9.97 Å². The Morgan fingerprint density at radius 3 is 2.85 bits per heavy atom. The number of anilines is 2. The Hall–Kier alpha value is -2.83. The molecule has 0 radical (unpaired) electrons. The van der Waals surface area contributed by atoms with Crippen LogP contribution in [-0.2, 0) is 4.79 Å². The van der Waals surface area contributed by atoms with Gasteiger partial charge in [0.1, 0.15) is 11.5 Å². The topological polar surface area (TPSA) is 76.6 Å². The summed E-state index contributed by atoms with van der Waals surface area (Å²) in [4.78, 5) is 23.7. The number of aromatic nitrogens is 2. The second-order valence-electron chi connectivity index (χ2n) is 6.34. The van der Waals surface area contributed by atoms with Crippen molar-refractivity contribution in [3.05, 3.63) is 36.2 Å². The Kier molecular flexibility index (Phi) is 5.55. The Morgan fingerprint density at radius 2 is 2.12 bits per heavy atom. The molecular formula is C19H24N4O3. The molecule has 138 valence electrons. The molecule has 0 spiro atoms. The van der Waals surface area contributed by atoms with Crippen LogP contribution in [0.5, 0.6) is 11.5 Å². The smallest absolute Gasteiger partial charge is 0.229 e. The lowest BCUT2D eigenvalue weighted by atomic mass is 9.97. The number of nitrogens with one attached hydrogen (secondary N) is 1. The minimum Gasteiger partial charge on any atom is -0.497 e. The largest absolute Gasteiger partial charge is 0.497 e. The van der Waals surface area contributed by atoms with Crippen molar-refractivity contribution < 1.29 is 14.3 Å². The van der Waals surface area contributed by atoms with Crippen molar-refractivity contribution in [2.24, 2.45) is 5.92 Å². The first-order chi connectivity index (χ1) is 12.6. The molecule has 0 aliphatic carbocycles. The van der Waals surface area contributed by atoms with Crippen LogP contribution in [0.4, 0.5) is 11.6 Å². The molecule has 1 aromatic heterocycles. The monoisotopic (exact) mass is 356 g/mol. The van der Waals surface area contributed by atoms with Crippen molar-refractivity contribution in [1.82, 2.24) is 9.97 Å². The van der Waals surface area contributed by atoms with Gasteiger partial charge in [-0.2, -0.15) is 0 Å². The van der Waals surface area contributed by atoms with E-state index in [9.17, 15) is 4.79 Å². The molecule has 1 aliphatic rings. The van der Waals surface area contributed by atoms with Crippen molar-refractivity contribution in [1.29, 1.82) is 0 Å². The summed E-state index contributed by atoms with van der Waals surface area (Å²) in [6.07, 6.45) is 3.51. The predicted octanol–water partition coefficient (Wildman–Crippen LogP) is 2.66. The SMILES string of the molecule is COc1ccc(OC)c(NC(=O)C2CCCN(c3nccc(C)n3)C2)c1. The number of benzene rings is 1. The van der Waals surface area contributed by atoms with Crippen LogP contribution < -0.4 is 19.7 Å². The van der Waals surface area contributed by atoms with Crippen molar-refractivity contribution in [2.75, 3.05) is 37.5 Å². The van der Waals surface area contributed by atoms with E-state index in [-0.39, 0.29) is 11.8 Å². The normalized spacial score (nSPS) is 16.9. The third-order valence-corrected chi connectivity index (χ3v) is 4.52. The van der Waals surface area contributed by atoms with Crippen LogP contribution >= 0.6 is 0 Å². The van der Waals surface area contributed by atoms with E-state index in [1.54, 1.807) is 38.6 Å². The zero-order valence-electron chi connectivity index (χ0n) is 15.4. The lowest BCUT2D eigenvalue weighted by Gasteiger charge is -2.32. The average Bonchev–Trinajstić information content (AvgIpc) is 2.68. The van der Waals surface area contributed by atoms with E-state index in [0.29, 0.717) is 29.7 Å². The van der Waals surface area contributed by atoms with E-state index < -0.39 is 0 Å². The molecule has 26 heavy (non-hydrogen) atoms. The van der Waals surface area contributed by atoms with Crippen molar-refractivity contribution in [2.45, 2.75) is 19.8 Å². The average molecular weight is 356 g/mol. The molecule has 0 bridgehead atoms. The molecule has 1 amide bonds. The summed E-state index contributed by atoms with van der Waals surface area (Å²) >= 11 is 0. The first kappa shape index (κ1) is 18.0. The molecule has 7 nitrogen and oxygen atoms in total. The number of amides is 1. The number of hydrogen-bond donors (Lipinski definition) is 1. The Bertz CT molecular complexity index is 781. The predicted molar refractivity (Wildman–Crippen MR) is 99.9 cm³/mol. The van der Waals surface area contributed by atoms with E-state index in [1.807, 2.05) is 13.0 Å². The van der Waals surface area contributed by atoms with E-state index in [0.717, 1.165) is 25.1 Å². The number of ether oxygens (including phenoxy) is 2. The van der Waals surface area contributed by atoms with Gasteiger partial charge in [-0.15, -0.1) is 0 Å².